The van der Waals surface area contributed by atoms with Crippen LogP contribution in [0.25, 0.3) is 11.4 Å². The number of aryl methyl sites for hydroxylation is 2. The van der Waals surface area contributed by atoms with Crippen LogP contribution in [0.5, 0.6) is 0 Å². The molecule has 0 saturated heterocycles. The number of aromatic amines is 1. The van der Waals surface area contributed by atoms with Gasteiger partial charge in [0.15, 0.2) is 10.6 Å². The van der Waals surface area contributed by atoms with E-state index < -0.39 is 0 Å². The Morgan fingerprint density at radius 2 is 2.00 bits per heavy atom. The van der Waals surface area contributed by atoms with Gasteiger partial charge in [-0.05, 0) is 43.3 Å². The molecule has 5 nitrogen and oxygen atoms in total. The highest BCUT2D eigenvalue weighted by Gasteiger charge is 2.11. The van der Waals surface area contributed by atoms with Gasteiger partial charge >= 0.3 is 0 Å². The molecule has 0 saturated carbocycles. The van der Waals surface area contributed by atoms with Gasteiger partial charge in [0.25, 0.3) is 0 Å². The van der Waals surface area contributed by atoms with Gasteiger partial charge in [0.1, 0.15) is 0 Å². The average molecular weight is 366 g/mol. The molecule has 6 heteroatoms. The Morgan fingerprint density at radius 1 is 1.19 bits per heavy atom. The minimum atomic E-state index is -0.00783. The van der Waals surface area contributed by atoms with E-state index in [1.165, 1.54) is 5.56 Å². The highest BCUT2D eigenvalue weighted by Crippen LogP contribution is 2.18. The van der Waals surface area contributed by atoms with Crippen LogP contribution in [0.3, 0.4) is 0 Å². The SMILES string of the molecule is Cc1cccc(-c2n[nH]c(=S)n2CCC(=O)NCc2ccccc2C)c1. The summed E-state index contributed by atoms with van der Waals surface area (Å²) in [6.45, 7) is 5.10. The Labute approximate surface area is 158 Å². The van der Waals surface area contributed by atoms with Gasteiger partial charge in [0, 0.05) is 25.1 Å². The predicted octanol–water partition coefficient (Wildman–Crippen LogP) is 3.93. The quantitative estimate of drug-likeness (QED) is 0.650. The van der Waals surface area contributed by atoms with E-state index in [4.69, 9.17) is 12.2 Å². The van der Waals surface area contributed by atoms with Crippen LogP contribution in [-0.2, 0) is 17.9 Å². The molecular weight excluding hydrogens is 344 g/mol. The van der Waals surface area contributed by atoms with E-state index in [0.717, 1.165) is 22.5 Å². The number of nitrogens with one attached hydrogen (secondary N) is 2. The number of rotatable bonds is 6. The fourth-order valence-electron chi connectivity index (χ4n) is 2.83. The molecule has 3 rings (SSSR count). The summed E-state index contributed by atoms with van der Waals surface area (Å²) in [4.78, 5) is 12.2. The Bertz CT molecular complexity index is 974. The zero-order chi connectivity index (χ0) is 18.5. The maximum Gasteiger partial charge on any atom is 0.222 e. The van der Waals surface area contributed by atoms with E-state index >= 15 is 0 Å². The van der Waals surface area contributed by atoms with Crippen LogP contribution in [0.1, 0.15) is 23.1 Å². The number of H-pyrrole nitrogens is 1. The average Bonchev–Trinajstić information content (AvgIpc) is 3.00. The Morgan fingerprint density at radius 3 is 2.77 bits per heavy atom. The number of amides is 1. The molecule has 2 N–H and O–H groups in total. The van der Waals surface area contributed by atoms with Crippen molar-refractivity contribution < 1.29 is 4.79 Å². The van der Waals surface area contributed by atoms with Gasteiger partial charge < -0.3 is 5.32 Å². The molecule has 1 amide bonds. The highest BCUT2D eigenvalue weighted by atomic mass is 32.1. The number of carbonyl (C=O) groups is 1. The minimum absolute atomic E-state index is 0.00783. The topological polar surface area (TPSA) is 62.7 Å². The Kier molecular flexibility index (Phi) is 5.63. The third-order valence-corrected chi connectivity index (χ3v) is 4.65. The zero-order valence-electron chi connectivity index (χ0n) is 15.0. The third-order valence-electron chi connectivity index (χ3n) is 4.33. The summed E-state index contributed by atoms with van der Waals surface area (Å²) in [5, 5.41) is 10.1. The molecule has 1 heterocycles. The van der Waals surface area contributed by atoms with Crippen molar-refractivity contribution in [1.82, 2.24) is 20.1 Å². The largest absolute Gasteiger partial charge is 0.352 e. The summed E-state index contributed by atoms with van der Waals surface area (Å²) >= 11 is 5.33. The van der Waals surface area contributed by atoms with Crippen molar-refractivity contribution in [3.05, 3.63) is 70.0 Å². The lowest BCUT2D eigenvalue weighted by molar-refractivity contribution is -0.121. The van der Waals surface area contributed by atoms with E-state index in [1.54, 1.807) is 0 Å². The second-order valence-electron chi connectivity index (χ2n) is 6.33. The fraction of sp³-hybridized carbons (Fsp3) is 0.250. The lowest BCUT2D eigenvalue weighted by atomic mass is 10.1. The van der Waals surface area contributed by atoms with Crippen molar-refractivity contribution >= 4 is 18.1 Å². The van der Waals surface area contributed by atoms with Gasteiger partial charge in [-0.1, -0.05) is 48.0 Å². The van der Waals surface area contributed by atoms with Crippen molar-refractivity contribution in [2.24, 2.45) is 0 Å². The molecule has 0 aliphatic carbocycles. The van der Waals surface area contributed by atoms with E-state index in [-0.39, 0.29) is 5.91 Å². The molecule has 0 radical (unpaired) electrons. The van der Waals surface area contributed by atoms with E-state index in [2.05, 4.69) is 21.6 Å². The van der Waals surface area contributed by atoms with Crippen LogP contribution >= 0.6 is 12.2 Å². The van der Waals surface area contributed by atoms with Gasteiger partial charge in [-0.15, -0.1) is 0 Å². The van der Waals surface area contributed by atoms with Crippen molar-refractivity contribution in [3.8, 4) is 11.4 Å². The zero-order valence-corrected chi connectivity index (χ0v) is 15.8. The number of hydrogen-bond acceptors (Lipinski definition) is 3. The molecule has 0 spiro atoms. The number of hydrogen-bond donors (Lipinski definition) is 2. The van der Waals surface area contributed by atoms with Crippen LogP contribution in [-0.4, -0.2) is 20.7 Å². The van der Waals surface area contributed by atoms with E-state index in [1.807, 2.05) is 60.9 Å². The standard InChI is InChI=1S/C20H22N4OS/c1-14-6-5-9-16(12-14)19-22-23-20(26)24(19)11-10-18(25)21-13-17-8-4-3-7-15(17)2/h3-9,12H,10-11,13H2,1-2H3,(H,21,25)(H,23,26). The highest BCUT2D eigenvalue weighted by molar-refractivity contribution is 7.71. The van der Waals surface area contributed by atoms with Gasteiger partial charge in [-0.25, -0.2) is 0 Å². The van der Waals surface area contributed by atoms with Crippen LogP contribution in [0, 0.1) is 18.6 Å². The van der Waals surface area contributed by atoms with E-state index in [9.17, 15) is 4.79 Å². The molecule has 1 aromatic heterocycles. The Balaban J connectivity index is 1.65. The fourth-order valence-corrected chi connectivity index (χ4v) is 3.06. The monoisotopic (exact) mass is 366 g/mol. The molecule has 0 atom stereocenters. The molecule has 2 aromatic carbocycles. The van der Waals surface area contributed by atoms with Crippen molar-refractivity contribution in [2.75, 3.05) is 0 Å². The van der Waals surface area contributed by atoms with Gasteiger partial charge in [-0.2, -0.15) is 5.10 Å². The third kappa shape index (κ3) is 4.26. The van der Waals surface area contributed by atoms with Gasteiger partial charge in [0.2, 0.25) is 5.91 Å². The summed E-state index contributed by atoms with van der Waals surface area (Å²) in [5.74, 6) is 0.747. The second-order valence-corrected chi connectivity index (χ2v) is 6.71. The minimum Gasteiger partial charge on any atom is -0.352 e. The summed E-state index contributed by atoms with van der Waals surface area (Å²) in [7, 11) is 0. The summed E-state index contributed by atoms with van der Waals surface area (Å²) < 4.78 is 2.39. The van der Waals surface area contributed by atoms with Crippen LogP contribution in [0.4, 0.5) is 0 Å². The smallest absolute Gasteiger partial charge is 0.222 e. The molecule has 0 unspecified atom stereocenters. The van der Waals surface area contributed by atoms with Crippen molar-refractivity contribution in [3.63, 3.8) is 0 Å². The number of nitrogens with zero attached hydrogens (tertiary/aromatic N) is 2. The normalized spacial score (nSPS) is 10.7. The maximum atomic E-state index is 12.2. The molecule has 0 aliphatic rings. The summed E-state index contributed by atoms with van der Waals surface area (Å²) in [5.41, 5.74) is 4.43. The van der Waals surface area contributed by atoms with Crippen LogP contribution < -0.4 is 5.32 Å². The summed E-state index contributed by atoms with van der Waals surface area (Å²) in [6.07, 6.45) is 0.346. The molecule has 0 bridgehead atoms. The molecule has 3 aromatic rings. The first kappa shape index (κ1) is 18.1. The van der Waals surface area contributed by atoms with Gasteiger partial charge in [-0.3, -0.25) is 14.5 Å². The number of carbonyl (C=O) groups excluding carboxylic acids is 1. The molecular formula is C20H22N4OS. The lowest BCUT2D eigenvalue weighted by Crippen LogP contribution is -2.24. The van der Waals surface area contributed by atoms with Crippen molar-refractivity contribution in [2.45, 2.75) is 33.4 Å². The van der Waals surface area contributed by atoms with Crippen molar-refractivity contribution in [1.29, 1.82) is 0 Å². The molecule has 134 valence electrons. The van der Waals surface area contributed by atoms with E-state index in [0.29, 0.717) is 24.3 Å². The molecule has 26 heavy (non-hydrogen) atoms. The predicted molar refractivity (Wildman–Crippen MR) is 105 cm³/mol. The maximum absolute atomic E-state index is 12.2. The summed E-state index contributed by atoms with van der Waals surface area (Å²) in [6, 6.07) is 16.1. The first-order chi connectivity index (χ1) is 12.5. The number of benzene rings is 2. The first-order valence-corrected chi connectivity index (χ1v) is 8.99. The lowest BCUT2D eigenvalue weighted by Gasteiger charge is -2.10. The van der Waals surface area contributed by atoms with Gasteiger partial charge in [0.05, 0.1) is 0 Å². The second kappa shape index (κ2) is 8.10. The number of aromatic nitrogens is 3. The first-order valence-electron chi connectivity index (χ1n) is 8.58. The van der Waals surface area contributed by atoms with Crippen LogP contribution in [0.2, 0.25) is 0 Å². The Hall–Kier alpha value is -2.73. The molecule has 0 fully saturated rings. The van der Waals surface area contributed by atoms with Crippen LogP contribution in [0.15, 0.2) is 48.5 Å². The molecule has 0 aliphatic heterocycles.